The molecule has 0 unspecified atom stereocenters. The summed E-state index contributed by atoms with van der Waals surface area (Å²) in [6.07, 6.45) is 0.0408. The highest BCUT2D eigenvalue weighted by atomic mass is 32.2. The molecule has 1 amide bonds. The number of hydrogen-bond acceptors (Lipinski definition) is 9. The average molecular weight is 507 g/mol. The van der Waals surface area contributed by atoms with Gasteiger partial charge in [-0.15, -0.1) is 0 Å². The number of rotatable bonds is 8. The van der Waals surface area contributed by atoms with Gasteiger partial charge in [-0.05, 0) is 30.7 Å². The van der Waals surface area contributed by atoms with Gasteiger partial charge in [0.2, 0.25) is 12.7 Å². The van der Waals surface area contributed by atoms with Crippen molar-refractivity contribution < 1.29 is 37.0 Å². The summed E-state index contributed by atoms with van der Waals surface area (Å²) >= 11 is 1.21. The van der Waals surface area contributed by atoms with Crippen molar-refractivity contribution in [3.63, 3.8) is 0 Å². The summed E-state index contributed by atoms with van der Waals surface area (Å²) in [6, 6.07) is 9.57. The van der Waals surface area contributed by atoms with Crippen molar-refractivity contribution in [3.8, 4) is 17.2 Å². The van der Waals surface area contributed by atoms with E-state index in [1.807, 2.05) is 0 Å². The summed E-state index contributed by atoms with van der Waals surface area (Å²) in [4.78, 5) is 29.1. The normalized spacial score (nSPS) is 13.3. The lowest BCUT2D eigenvalue weighted by atomic mass is 10.3. The molecule has 1 aliphatic heterocycles. The molecule has 12 heteroatoms. The van der Waals surface area contributed by atoms with E-state index in [9.17, 15) is 18.0 Å². The lowest BCUT2D eigenvalue weighted by Crippen LogP contribution is -2.22. The molecule has 2 heterocycles. The molecular formula is C22H22N2O8S2. The molecule has 0 saturated carbocycles. The van der Waals surface area contributed by atoms with Crippen molar-refractivity contribution in [2.45, 2.75) is 24.3 Å². The minimum absolute atomic E-state index is 0.0649. The molecule has 1 aromatic heterocycles. The van der Waals surface area contributed by atoms with Crippen LogP contribution in [0.4, 0.5) is 0 Å². The first-order valence-corrected chi connectivity index (χ1v) is 12.7. The lowest BCUT2D eigenvalue weighted by Gasteiger charge is -2.05. The smallest absolute Gasteiger partial charge is 0.325 e. The van der Waals surface area contributed by atoms with Crippen LogP contribution < -0.4 is 19.0 Å². The van der Waals surface area contributed by atoms with Crippen molar-refractivity contribution in [1.82, 2.24) is 4.57 Å². The maximum Gasteiger partial charge on any atom is 0.325 e. The Hall–Kier alpha value is -3.38. The van der Waals surface area contributed by atoms with Crippen LogP contribution in [0.25, 0.3) is 10.2 Å². The van der Waals surface area contributed by atoms with Crippen LogP contribution in [0.5, 0.6) is 17.2 Å². The van der Waals surface area contributed by atoms with E-state index >= 15 is 0 Å². The number of methoxy groups -OCH3 is 2. The highest BCUT2D eigenvalue weighted by Crippen LogP contribution is 2.37. The first-order chi connectivity index (χ1) is 16.3. The Balaban J connectivity index is 1.52. The Morgan fingerprint density at radius 1 is 1.12 bits per heavy atom. The number of esters is 1. The average Bonchev–Trinajstić information content (AvgIpc) is 3.41. The molecule has 0 fully saturated rings. The van der Waals surface area contributed by atoms with E-state index in [-0.39, 0.29) is 36.8 Å². The molecule has 2 aromatic carbocycles. The largest absolute Gasteiger partial charge is 0.497 e. The maximum atomic E-state index is 12.6. The molecule has 180 valence electrons. The number of carbonyl (C=O) groups is 2. The van der Waals surface area contributed by atoms with Gasteiger partial charge in [0.05, 0.1) is 35.1 Å². The molecule has 10 nitrogen and oxygen atoms in total. The summed E-state index contributed by atoms with van der Waals surface area (Å²) in [6.45, 7) is -0.0349. The zero-order valence-corrected chi connectivity index (χ0v) is 20.1. The van der Waals surface area contributed by atoms with Gasteiger partial charge in [0, 0.05) is 18.6 Å². The number of aromatic nitrogens is 1. The summed E-state index contributed by atoms with van der Waals surface area (Å²) < 4.78 is 48.0. The molecule has 3 aromatic rings. The SMILES string of the molecule is COC(=O)Cn1c(=NC(=O)CCCS(=O)(=O)c2ccc(OC)cc2)sc2cc3c(cc21)OCO3. The number of benzene rings is 2. The van der Waals surface area contributed by atoms with Crippen molar-refractivity contribution in [1.29, 1.82) is 0 Å². The van der Waals surface area contributed by atoms with Crippen LogP contribution in [0.1, 0.15) is 12.8 Å². The molecule has 4 rings (SSSR count). The van der Waals surface area contributed by atoms with Crippen LogP contribution in [0.15, 0.2) is 46.3 Å². The molecule has 0 saturated heterocycles. The highest BCUT2D eigenvalue weighted by Gasteiger charge is 2.20. The van der Waals surface area contributed by atoms with Gasteiger partial charge in [0.15, 0.2) is 26.1 Å². The Bertz CT molecular complexity index is 1410. The fraction of sp³-hybridized carbons (Fsp3) is 0.318. The third-order valence-electron chi connectivity index (χ3n) is 5.13. The van der Waals surface area contributed by atoms with Gasteiger partial charge in [-0.3, -0.25) is 9.59 Å². The Morgan fingerprint density at radius 3 is 2.50 bits per heavy atom. The molecule has 0 N–H and O–H groups in total. The number of fused-ring (bicyclic) bond motifs is 2. The predicted octanol–water partition coefficient (Wildman–Crippen LogP) is 2.29. The van der Waals surface area contributed by atoms with E-state index in [0.29, 0.717) is 27.6 Å². The molecule has 0 spiro atoms. The van der Waals surface area contributed by atoms with Crippen LogP contribution in [0.2, 0.25) is 0 Å². The van der Waals surface area contributed by atoms with E-state index < -0.39 is 21.7 Å². The second kappa shape index (κ2) is 9.85. The number of thiazole rings is 1. The van der Waals surface area contributed by atoms with Crippen LogP contribution in [-0.4, -0.2) is 51.6 Å². The minimum atomic E-state index is -3.55. The van der Waals surface area contributed by atoms with Gasteiger partial charge in [-0.2, -0.15) is 4.99 Å². The number of ether oxygens (including phenoxy) is 4. The Morgan fingerprint density at radius 2 is 1.82 bits per heavy atom. The molecule has 0 bridgehead atoms. The first-order valence-electron chi connectivity index (χ1n) is 10.2. The maximum absolute atomic E-state index is 12.6. The van der Waals surface area contributed by atoms with Crippen molar-refractivity contribution >= 4 is 43.3 Å². The second-order valence-electron chi connectivity index (χ2n) is 7.32. The lowest BCUT2D eigenvalue weighted by molar-refractivity contribution is -0.141. The van der Waals surface area contributed by atoms with Gasteiger partial charge in [0.1, 0.15) is 12.3 Å². The third-order valence-corrected chi connectivity index (χ3v) is 7.99. The molecule has 0 aliphatic carbocycles. The van der Waals surface area contributed by atoms with Crippen molar-refractivity contribution in [2.24, 2.45) is 4.99 Å². The standard InChI is InChI=1S/C22H22N2O8S2/c1-29-14-5-7-15(8-6-14)34(27,28)9-3-4-20(25)23-22-24(12-21(26)30-2)16-10-17-18(32-13-31-17)11-19(16)33-22/h5-8,10-11H,3-4,9,12-13H2,1-2H3. The summed E-state index contributed by atoms with van der Waals surface area (Å²) in [5, 5.41) is 0. The van der Waals surface area contributed by atoms with E-state index in [2.05, 4.69) is 4.99 Å². The number of sulfone groups is 1. The zero-order valence-electron chi connectivity index (χ0n) is 18.5. The molecule has 0 radical (unpaired) electrons. The topological polar surface area (TPSA) is 122 Å². The fourth-order valence-corrected chi connectivity index (χ4v) is 5.74. The number of hydrogen-bond donors (Lipinski definition) is 0. The van der Waals surface area contributed by atoms with Crippen molar-refractivity contribution in [3.05, 3.63) is 41.2 Å². The third kappa shape index (κ3) is 5.07. The predicted molar refractivity (Wildman–Crippen MR) is 123 cm³/mol. The van der Waals surface area contributed by atoms with E-state index in [0.717, 1.165) is 4.70 Å². The van der Waals surface area contributed by atoms with Crippen LogP contribution in [0.3, 0.4) is 0 Å². The molecule has 34 heavy (non-hydrogen) atoms. The van der Waals surface area contributed by atoms with Gasteiger partial charge >= 0.3 is 5.97 Å². The molecule has 0 atom stereocenters. The van der Waals surface area contributed by atoms with Crippen LogP contribution in [0, 0.1) is 0 Å². The number of carbonyl (C=O) groups excluding carboxylic acids is 2. The monoisotopic (exact) mass is 506 g/mol. The number of amides is 1. The fourth-order valence-electron chi connectivity index (χ4n) is 3.37. The summed E-state index contributed by atoms with van der Waals surface area (Å²) in [5.41, 5.74) is 0.647. The van der Waals surface area contributed by atoms with Gasteiger partial charge in [-0.1, -0.05) is 11.3 Å². The quantitative estimate of drug-likeness (QED) is 0.427. The number of nitrogens with zero attached hydrogens (tertiary/aromatic N) is 2. The van der Waals surface area contributed by atoms with Gasteiger partial charge < -0.3 is 23.5 Å². The Labute approximate surface area is 199 Å². The Kier molecular flexibility index (Phi) is 6.89. The van der Waals surface area contributed by atoms with Crippen LogP contribution >= 0.6 is 11.3 Å². The zero-order chi connectivity index (χ0) is 24.3. The highest BCUT2D eigenvalue weighted by molar-refractivity contribution is 7.91. The van der Waals surface area contributed by atoms with E-state index in [4.69, 9.17) is 18.9 Å². The van der Waals surface area contributed by atoms with Crippen LogP contribution in [-0.2, 0) is 30.7 Å². The summed E-state index contributed by atoms with van der Waals surface area (Å²) in [5.74, 6) is 0.467. The van der Waals surface area contributed by atoms with E-state index in [1.54, 1.807) is 28.8 Å². The molecule has 1 aliphatic rings. The minimum Gasteiger partial charge on any atom is -0.497 e. The second-order valence-corrected chi connectivity index (χ2v) is 10.4. The summed E-state index contributed by atoms with van der Waals surface area (Å²) in [7, 11) is -0.775. The molecular weight excluding hydrogens is 484 g/mol. The van der Waals surface area contributed by atoms with Gasteiger partial charge in [0.25, 0.3) is 0 Å². The first kappa shape index (κ1) is 23.8. The van der Waals surface area contributed by atoms with E-state index in [1.165, 1.54) is 37.7 Å². The van der Waals surface area contributed by atoms with Crippen molar-refractivity contribution in [2.75, 3.05) is 26.8 Å². The van der Waals surface area contributed by atoms with Gasteiger partial charge in [-0.25, -0.2) is 8.42 Å².